The average Bonchev–Trinajstić information content (AvgIpc) is 2.95. The number of hydrogen-bond acceptors (Lipinski definition) is 6. The molecule has 0 bridgehead atoms. The smallest absolute Gasteiger partial charge is 0.311 e. The van der Waals surface area contributed by atoms with E-state index in [1.807, 2.05) is 30.3 Å². The molecule has 40 heavy (non-hydrogen) atoms. The first-order chi connectivity index (χ1) is 19.4. The molecule has 1 aliphatic carbocycles. The van der Waals surface area contributed by atoms with E-state index in [2.05, 4.69) is 13.8 Å². The van der Waals surface area contributed by atoms with Gasteiger partial charge in [-0.25, -0.2) is 0 Å². The number of fused-ring (bicyclic) bond motifs is 3. The van der Waals surface area contributed by atoms with Crippen LogP contribution in [0.1, 0.15) is 107 Å². The minimum atomic E-state index is -0.719. The van der Waals surface area contributed by atoms with E-state index in [9.17, 15) is 19.2 Å². The lowest BCUT2D eigenvalue weighted by molar-refractivity contribution is -0.135. The highest BCUT2D eigenvalue weighted by molar-refractivity contribution is 6.51. The highest BCUT2D eigenvalue weighted by Gasteiger charge is 2.30. The van der Waals surface area contributed by atoms with Crippen molar-refractivity contribution in [1.29, 1.82) is 0 Å². The van der Waals surface area contributed by atoms with E-state index in [0.29, 0.717) is 34.9 Å². The molecule has 0 aliphatic heterocycles. The van der Waals surface area contributed by atoms with Gasteiger partial charge in [-0.3, -0.25) is 19.2 Å². The topological polar surface area (TPSA) is 86.7 Å². The second-order valence-corrected chi connectivity index (χ2v) is 10.5. The Labute approximate surface area is 235 Å². The number of ketones is 2. The maximum Gasteiger partial charge on any atom is 0.311 e. The van der Waals surface area contributed by atoms with Gasteiger partial charge < -0.3 is 9.47 Å². The van der Waals surface area contributed by atoms with E-state index in [0.717, 1.165) is 68.6 Å². The van der Waals surface area contributed by atoms with Crippen LogP contribution in [0.15, 0.2) is 42.5 Å². The molecule has 0 aromatic heterocycles. The maximum absolute atomic E-state index is 13.0. The van der Waals surface area contributed by atoms with Crippen LogP contribution in [0.3, 0.4) is 0 Å². The minimum absolute atomic E-state index is 0.0522. The summed E-state index contributed by atoms with van der Waals surface area (Å²) in [6, 6.07) is 11.1. The SMILES string of the molecule is CCCCCCCC(=O)Oc1c2c(cc3c(OC(=O)CCCCCCC)c4ccccc4cc13)C=CC(=O)C2=O. The van der Waals surface area contributed by atoms with Gasteiger partial charge in [-0.05, 0) is 42.0 Å². The van der Waals surface area contributed by atoms with Gasteiger partial charge in [-0.1, -0.05) is 95.6 Å². The molecule has 0 radical (unpaired) electrons. The lowest BCUT2D eigenvalue weighted by Crippen LogP contribution is -2.20. The van der Waals surface area contributed by atoms with Crippen LogP contribution in [-0.4, -0.2) is 23.5 Å². The molecule has 3 aromatic carbocycles. The normalized spacial score (nSPS) is 12.7. The van der Waals surface area contributed by atoms with E-state index >= 15 is 0 Å². The Kier molecular flexibility index (Phi) is 10.2. The van der Waals surface area contributed by atoms with Crippen molar-refractivity contribution in [3.63, 3.8) is 0 Å². The monoisotopic (exact) mass is 542 g/mol. The van der Waals surface area contributed by atoms with Crippen LogP contribution in [0.4, 0.5) is 0 Å². The number of carbonyl (C=O) groups is 4. The van der Waals surface area contributed by atoms with Crippen LogP contribution >= 0.6 is 0 Å². The fraction of sp³-hybridized carbons (Fsp3) is 0.412. The highest BCUT2D eigenvalue weighted by Crippen LogP contribution is 2.43. The van der Waals surface area contributed by atoms with Crippen molar-refractivity contribution >= 4 is 51.1 Å². The second-order valence-electron chi connectivity index (χ2n) is 10.5. The predicted octanol–water partition coefficient (Wildman–Crippen LogP) is 8.30. The summed E-state index contributed by atoms with van der Waals surface area (Å²) in [4.78, 5) is 51.3. The zero-order valence-corrected chi connectivity index (χ0v) is 23.6. The number of esters is 2. The molecule has 0 amide bonds. The zero-order chi connectivity index (χ0) is 28.5. The molecule has 0 atom stereocenters. The van der Waals surface area contributed by atoms with Crippen LogP contribution in [0.25, 0.3) is 27.6 Å². The van der Waals surface area contributed by atoms with E-state index in [1.54, 1.807) is 12.1 Å². The number of Topliss-reactive ketones (excluding diaryl/α,β-unsaturated/α-hetero) is 1. The van der Waals surface area contributed by atoms with Crippen molar-refractivity contribution in [3.8, 4) is 11.5 Å². The molecular weight excluding hydrogens is 504 g/mol. The van der Waals surface area contributed by atoms with Crippen LogP contribution < -0.4 is 9.47 Å². The Bertz CT molecular complexity index is 1450. The van der Waals surface area contributed by atoms with Crippen molar-refractivity contribution < 1.29 is 28.7 Å². The fourth-order valence-corrected chi connectivity index (χ4v) is 5.18. The first-order valence-electron chi connectivity index (χ1n) is 14.6. The van der Waals surface area contributed by atoms with E-state index in [1.165, 1.54) is 6.08 Å². The lowest BCUT2D eigenvalue weighted by Gasteiger charge is -2.19. The zero-order valence-electron chi connectivity index (χ0n) is 23.6. The molecule has 0 N–H and O–H groups in total. The molecular formula is C34H38O6. The Morgan fingerprint density at radius 3 is 1.88 bits per heavy atom. The van der Waals surface area contributed by atoms with Gasteiger partial charge >= 0.3 is 11.9 Å². The summed E-state index contributed by atoms with van der Waals surface area (Å²) >= 11 is 0. The minimum Gasteiger partial charge on any atom is -0.425 e. The van der Waals surface area contributed by atoms with Gasteiger partial charge in [0.2, 0.25) is 11.6 Å². The number of unbranched alkanes of at least 4 members (excludes halogenated alkanes) is 8. The summed E-state index contributed by atoms with van der Waals surface area (Å²) in [5.74, 6) is -1.76. The van der Waals surface area contributed by atoms with E-state index in [-0.39, 0.29) is 23.7 Å². The Morgan fingerprint density at radius 2 is 1.23 bits per heavy atom. The number of allylic oxidation sites excluding steroid dienone is 1. The standard InChI is InChI=1S/C34H38O6/c1-3-5-7-9-11-17-29(36)39-33-25-16-14-13-15-23(25)21-27-26(33)22-24-19-20-28(35)32(38)31(24)34(27)40-30(37)18-12-10-8-6-4-2/h13-16,19-22H,3-12,17-18H2,1-2H3. The van der Waals surface area contributed by atoms with Crippen molar-refractivity contribution in [1.82, 2.24) is 0 Å². The third kappa shape index (κ3) is 6.85. The fourth-order valence-electron chi connectivity index (χ4n) is 5.18. The molecule has 6 nitrogen and oxygen atoms in total. The van der Waals surface area contributed by atoms with Gasteiger partial charge in [-0.15, -0.1) is 0 Å². The van der Waals surface area contributed by atoms with Crippen LogP contribution in [-0.2, 0) is 14.4 Å². The largest absolute Gasteiger partial charge is 0.425 e. The predicted molar refractivity (Wildman–Crippen MR) is 158 cm³/mol. The summed E-state index contributed by atoms with van der Waals surface area (Å²) in [6.07, 6.45) is 13.2. The summed E-state index contributed by atoms with van der Waals surface area (Å²) in [5.41, 5.74) is 0.526. The third-order valence-electron chi connectivity index (χ3n) is 7.37. The van der Waals surface area contributed by atoms with Crippen LogP contribution in [0.2, 0.25) is 0 Å². The number of ether oxygens (including phenoxy) is 2. The molecule has 210 valence electrons. The van der Waals surface area contributed by atoms with Gasteiger partial charge in [0.05, 0.1) is 5.56 Å². The average molecular weight is 543 g/mol. The molecule has 0 fully saturated rings. The summed E-state index contributed by atoms with van der Waals surface area (Å²) < 4.78 is 11.9. The summed E-state index contributed by atoms with van der Waals surface area (Å²) in [5, 5.41) is 2.51. The summed E-state index contributed by atoms with van der Waals surface area (Å²) in [6.45, 7) is 4.28. The van der Waals surface area contributed by atoms with Gasteiger partial charge in [-0.2, -0.15) is 0 Å². The van der Waals surface area contributed by atoms with Crippen molar-refractivity contribution in [2.75, 3.05) is 0 Å². The van der Waals surface area contributed by atoms with Crippen molar-refractivity contribution in [2.45, 2.75) is 90.9 Å². The first-order valence-corrected chi connectivity index (χ1v) is 14.6. The second kappa shape index (κ2) is 14.0. The molecule has 1 aliphatic rings. The molecule has 0 unspecified atom stereocenters. The maximum atomic E-state index is 13.0. The van der Waals surface area contributed by atoms with Crippen LogP contribution in [0.5, 0.6) is 11.5 Å². The van der Waals surface area contributed by atoms with Gasteiger partial charge in [0.1, 0.15) is 5.75 Å². The molecule has 0 heterocycles. The van der Waals surface area contributed by atoms with Gasteiger partial charge in [0, 0.05) is 29.0 Å². The first kappa shape index (κ1) is 29.2. The van der Waals surface area contributed by atoms with E-state index < -0.39 is 17.5 Å². The van der Waals surface area contributed by atoms with Crippen molar-refractivity contribution in [3.05, 3.63) is 53.6 Å². The van der Waals surface area contributed by atoms with E-state index in [4.69, 9.17) is 9.47 Å². The quantitative estimate of drug-likeness (QED) is 0.0669. The van der Waals surface area contributed by atoms with Gasteiger partial charge in [0.25, 0.3) is 0 Å². The number of benzene rings is 3. The Hall–Kier alpha value is -3.80. The van der Waals surface area contributed by atoms with Gasteiger partial charge in [0.15, 0.2) is 5.75 Å². The molecule has 3 aromatic rings. The van der Waals surface area contributed by atoms with Crippen LogP contribution in [0, 0.1) is 0 Å². The summed E-state index contributed by atoms with van der Waals surface area (Å²) in [7, 11) is 0. The Balaban J connectivity index is 1.76. The number of rotatable bonds is 14. The molecule has 6 heteroatoms. The molecule has 0 spiro atoms. The number of hydrogen-bond donors (Lipinski definition) is 0. The number of carbonyl (C=O) groups excluding carboxylic acids is 4. The Morgan fingerprint density at radius 1 is 0.650 bits per heavy atom. The third-order valence-corrected chi connectivity index (χ3v) is 7.37. The molecule has 0 saturated heterocycles. The molecule has 4 rings (SSSR count). The van der Waals surface area contributed by atoms with Crippen molar-refractivity contribution in [2.24, 2.45) is 0 Å². The lowest BCUT2D eigenvalue weighted by atomic mass is 9.89. The highest BCUT2D eigenvalue weighted by atomic mass is 16.5. The molecule has 0 saturated carbocycles.